The van der Waals surface area contributed by atoms with Gasteiger partial charge in [0, 0.05) is 18.9 Å². The van der Waals surface area contributed by atoms with Gasteiger partial charge in [-0.25, -0.2) is 4.98 Å². The normalized spacial score (nSPS) is 13.4. The summed E-state index contributed by atoms with van der Waals surface area (Å²) in [6, 6.07) is -0.683. The molecule has 0 saturated heterocycles. The molecule has 3 atom stereocenters. The molecule has 49 heavy (non-hydrogen) atoms. The van der Waals surface area contributed by atoms with Crippen LogP contribution in [-0.4, -0.2) is 50.7 Å². The topological polar surface area (TPSA) is 168 Å². The molecule has 2 rings (SSSR count). The maximum atomic E-state index is 12.6. The quantitative estimate of drug-likeness (QED) is 0.0544. The van der Waals surface area contributed by atoms with Gasteiger partial charge in [-0.3, -0.25) is 19.4 Å². The lowest BCUT2D eigenvalue weighted by molar-refractivity contribution is -0.149. The van der Waals surface area contributed by atoms with Crippen LogP contribution in [0.2, 0.25) is 0 Å². The van der Waals surface area contributed by atoms with Crippen molar-refractivity contribution in [3.05, 3.63) is 16.7 Å². The number of ether oxygens (including phenoxy) is 2. The minimum absolute atomic E-state index is 0.00484. The molecule has 0 radical (unpaired) electrons. The standard InChI is InChI=1S/C38H68N6O5/c1-4-6-7-8-9-10-11-12-13-14-15-16-17-18-19-20-21-22-23-24-32(45)49-28-31(25-26-48-37(47)33(39)30(3)5-2)27-44-29-41-34-35(44)42-38(40)43-36(34)46/h29-31,33H,4-28,39H2,1-3H3,(H3,40,42,43,46)/t30?,31-,33+/m1/s1. The highest BCUT2D eigenvalue weighted by atomic mass is 16.5. The van der Waals surface area contributed by atoms with Crippen molar-refractivity contribution in [2.45, 2.75) is 175 Å². The second-order valence-electron chi connectivity index (χ2n) is 14.1. The van der Waals surface area contributed by atoms with Crippen molar-refractivity contribution in [2.75, 3.05) is 18.9 Å². The molecule has 0 saturated carbocycles. The van der Waals surface area contributed by atoms with Crippen molar-refractivity contribution >= 4 is 29.1 Å². The summed E-state index contributed by atoms with van der Waals surface area (Å²) in [5, 5.41) is 0. The first-order valence-corrected chi connectivity index (χ1v) is 19.5. The number of esters is 2. The van der Waals surface area contributed by atoms with Crippen LogP contribution in [0.3, 0.4) is 0 Å². The monoisotopic (exact) mass is 689 g/mol. The summed E-state index contributed by atoms with van der Waals surface area (Å²) >= 11 is 0. The molecule has 0 aliphatic rings. The average molecular weight is 689 g/mol. The Kier molecular flexibility index (Phi) is 22.4. The molecule has 0 spiro atoms. The third-order valence-electron chi connectivity index (χ3n) is 9.71. The van der Waals surface area contributed by atoms with Gasteiger partial charge in [-0.05, 0) is 18.8 Å². The number of anilines is 1. The predicted molar refractivity (Wildman–Crippen MR) is 198 cm³/mol. The first kappa shape index (κ1) is 42.2. The molecule has 280 valence electrons. The lowest BCUT2D eigenvalue weighted by Gasteiger charge is -2.20. The highest BCUT2D eigenvalue weighted by molar-refractivity contribution is 5.75. The second kappa shape index (κ2) is 25.9. The summed E-state index contributed by atoms with van der Waals surface area (Å²) in [7, 11) is 0. The van der Waals surface area contributed by atoms with Crippen molar-refractivity contribution in [2.24, 2.45) is 17.6 Å². The van der Waals surface area contributed by atoms with Gasteiger partial charge >= 0.3 is 11.9 Å². The van der Waals surface area contributed by atoms with Gasteiger partial charge in [0.15, 0.2) is 11.2 Å². The smallest absolute Gasteiger partial charge is 0.323 e. The van der Waals surface area contributed by atoms with E-state index in [4.69, 9.17) is 20.9 Å². The Bertz CT molecular complexity index is 1230. The first-order chi connectivity index (χ1) is 23.8. The van der Waals surface area contributed by atoms with E-state index < -0.39 is 17.6 Å². The highest BCUT2D eigenvalue weighted by Gasteiger charge is 2.22. The lowest BCUT2D eigenvalue weighted by atomic mass is 10.0. The minimum atomic E-state index is -0.683. The molecule has 0 bridgehead atoms. The van der Waals surface area contributed by atoms with E-state index in [1.165, 1.54) is 109 Å². The summed E-state index contributed by atoms with van der Waals surface area (Å²) < 4.78 is 12.8. The summed E-state index contributed by atoms with van der Waals surface area (Å²) in [4.78, 5) is 48.1. The van der Waals surface area contributed by atoms with Gasteiger partial charge in [-0.1, -0.05) is 143 Å². The van der Waals surface area contributed by atoms with Gasteiger partial charge in [-0.15, -0.1) is 0 Å². The van der Waals surface area contributed by atoms with Crippen LogP contribution in [-0.2, 0) is 25.6 Å². The number of hydrogen-bond acceptors (Lipinski definition) is 9. The van der Waals surface area contributed by atoms with Gasteiger partial charge in [0.25, 0.3) is 5.56 Å². The van der Waals surface area contributed by atoms with E-state index in [9.17, 15) is 14.4 Å². The maximum absolute atomic E-state index is 12.6. The number of unbranched alkanes of at least 4 members (excludes halogenated alkanes) is 18. The third-order valence-corrected chi connectivity index (χ3v) is 9.71. The molecule has 0 aliphatic heterocycles. The van der Waals surface area contributed by atoms with Crippen LogP contribution in [0.1, 0.15) is 162 Å². The molecular weight excluding hydrogens is 620 g/mol. The number of rotatable bonds is 30. The number of carbonyl (C=O) groups excluding carboxylic acids is 2. The molecule has 0 amide bonds. The molecule has 0 fully saturated rings. The SMILES string of the molecule is CCCCCCCCCCCCCCCCCCCCCC(=O)OC[C@H](CCOC(=O)[C@@H](N)C(C)CC)Cn1cnc2c(=O)[nH]c(N)nc21. The van der Waals surface area contributed by atoms with E-state index in [2.05, 4.69) is 21.9 Å². The Morgan fingerprint density at radius 3 is 1.90 bits per heavy atom. The Hall–Kier alpha value is -2.95. The summed E-state index contributed by atoms with van der Waals surface area (Å²) in [5.41, 5.74) is 11.9. The Morgan fingerprint density at radius 2 is 1.37 bits per heavy atom. The summed E-state index contributed by atoms with van der Waals surface area (Å²) in [6.07, 6.45) is 28.0. The van der Waals surface area contributed by atoms with Crippen LogP contribution in [0, 0.1) is 11.8 Å². The zero-order valence-corrected chi connectivity index (χ0v) is 31.0. The van der Waals surface area contributed by atoms with Crippen molar-refractivity contribution in [3.8, 4) is 0 Å². The van der Waals surface area contributed by atoms with E-state index in [1.54, 1.807) is 4.57 Å². The van der Waals surface area contributed by atoms with Crippen molar-refractivity contribution in [1.29, 1.82) is 0 Å². The van der Waals surface area contributed by atoms with E-state index in [1.807, 2.05) is 13.8 Å². The number of hydrogen-bond donors (Lipinski definition) is 3. The van der Waals surface area contributed by atoms with Gasteiger partial charge in [0.1, 0.15) is 6.04 Å². The van der Waals surface area contributed by atoms with Crippen LogP contribution >= 0.6 is 0 Å². The summed E-state index contributed by atoms with van der Waals surface area (Å²) in [5.74, 6) is -0.873. The average Bonchev–Trinajstić information content (AvgIpc) is 3.49. The number of H-pyrrole nitrogens is 1. The molecule has 11 heteroatoms. The van der Waals surface area contributed by atoms with E-state index in [0.29, 0.717) is 25.0 Å². The molecule has 2 heterocycles. The van der Waals surface area contributed by atoms with E-state index >= 15 is 0 Å². The Balaban J connectivity index is 1.61. The van der Waals surface area contributed by atoms with Gasteiger partial charge < -0.3 is 25.5 Å². The fourth-order valence-electron chi connectivity index (χ4n) is 6.15. The zero-order valence-electron chi connectivity index (χ0n) is 31.0. The highest BCUT2D eigenvalue weighted by Crippen LogP contribution is 2.17. The third kappa shape index (κ3) is 18.0. The van der Waals surface area contributed by atoms with Crippen LogP contribution in [0.5, 0.6) is 0 Å². The number of nitrogens with zero attached hydrogens (tertiary/aromatic N) is 3. The predicted octanol–water partition coefficient (Wildman–Crippen LogP) is 7.99. The number of aromatic amines is 1. The van der Waals surface area contributed by atoms with Crippen molar-refractivity contribution in [1.82, 2.24) is 19.5 Å². The minimum Gasteiger partial charge on any atom is -0.465 e. The number of carbonyl (C=O) groups is 2. The first-order valence-electron chi connectivity index (χ1n) is 19.5. The van der Waals surface area contributed by atoms with Crippen molar-refractivity contribution < 1.29 is 19.1 Å². The van der Waals surface area contributed by atoms with Gasteiger partial charge in [-0.2, -0.15) is 4.98 Å². The molecule has 0 aliphatic carbocycles. The number of nitrogen functional groups attached to an aromatic ring is 1. The van der Waals surface area contributed by atoms with E-state index in [0.717, 1.165) is 25.7 Å². The molecule has 0 aromatic carbocycles. The van der Waals surface area contributed by atoms with Crippen LogP contribution in [0.25, 0.3) is 11.2 Å². The second-order valence-corrected chi connectivity index (χ2v) is 14.1. The fraction of sp³-hybridized carbons (Fsp3) is 0.816. The van der Waals surface area contributed by atoms with Crippen molar-refractivity contribution in [3.63, 3.8) is 0 Å². The molecule has 2 aromatic heterocycles. The van der Waals surface area contributed by atoms with Crippen LogP contribution < -0.4 is 17.0 Å². The molecule has 2 aromatic rings. The van der Waals surface area contributed by atoms with Gasteiger partial charge in [0.2, 0.25) is 5.95 Å². The zero-order chi connectivity index (χ0) is 35.7. The number of nitrogens with two attached hydrogens (primary N) is 2. The number of aromatic nitrogens is 4. The lowest BCUT2D eigenvalue weighted by Crippen LogP contribution is -2.38. The number of fused-ring (bicyclic) bond motifs is 1. The van der Waals surface area contributed by atoms with E-state index in [-0.39, 0.29) is 42.5 Å². The number of imidazole rings is 1. The van der Waals surface area contributed by atoms with Crippen LogP contribution in [0.4, 0.5) is 5.95 Å². The Morgan fingerprint density at radius 1 is 0.837 bits per heavy atom. The van der Waals surface area contributed by atoms with Crippen LogP contribution in [0.15, 0.2) is 11.1 Å². The summed E-state index contributed by atoms with van der Waals surface area (Å²) in [6.45, 7) is 6.80. The molecule has 1 unspecified atom stereocenters. The molecule has 5 N–H and O–H groups in total. The number of nitrogens with one attached hydrogen (secondary N) is 1. The Labute approximate surface area is 295 Å². The maximum Gasteiger partial charge on any atom is 0.323 e. The largest absolute Gasteiger partial charge is 0.465 e. The fourth-order valence-corrected chi connectivity index (χ4v) is 6.15. The molecule has 11 nitrogen and oxygen atoms in total. The molecular formula is C38H68N6O5. The van der Waals surface area contributed by atoms with Gasteiger partial charge in [0.05, 0.1) is 19.5 Å².